The molecule has 0 unspecified atom stereocenters. The molecule has 1 heterocycles. The second kappa shape index (κ2) is 6.14. The van der Waals surface area contributed by atoms with Crippen LogP contribution < -0.4 is 5.63 Å². The lowest BCUT2D eigenvalue weighted by Crippen LogP contribution is -2.12. The average Bonchev–Trinajstić information content (AvgIpc) is 2.45. The number of allylic oxidation sites excluding steroid dienone is 1. The van der Waals surface area contributed by atoms with E-state index < -0.39 is 39.1 Å². The number of phenols is 1. The zero-order chi connectivity index (χ0) is 17.1. The monoisotopic (exact) mass is 317 g/mol. The van der Waals surface area contributed by atoms with Crippen molar-refractivity contribution in [2.24, 2.45) is 0 Å². The third-order valence-electron chi connectivity index (χ3n) is 2.92. The molecule has 0 aliphatic carbocycles. The first-order valence-electron chi connectivity index (χ1n) is 6.33. The van der Waals surface area contributed by atoms with Crippen LogP contribution in [0.2, 0.25) is 0 Å². The smallest absolute Gasteiger partial charge is 0.351 e. The molecule has 23 heavy (non-hydrogen) atoms. The van der Waals surface area contributed by atoms with E-state index in [0.717, 1.165) is 24.3 Å². The molecule has 0 aliphatic heterocycles. The van der Waals surface area contributed by atoms with Crippen molar-refractivity contribution >= 4 is 17.5 Å². The Labute approximate surface area is 129 Å². The summed E-state index contributed by atoms with van der Waals surface area (Å²) in [5.41, 5.74) is -1.76. The van der Waals surface area contributed by atoms with E-state index in [4.69, 9.17) is 4.42 Å². The van der Waals surface area contributed by atoms with E-state index in [9.17, 15) is 29.9 Å². The summed E-state index contributed by atoms with van der Waals surface area (Å²) in [5, 5.41) is 29.7. The number of nitro groups is 1. The standard InChI is InChI=1S/C15H11NO7/c1-8-6-13(19)14(15(20)23-8)12(18)5-3-9-2-4-11(17)10(7-9)16(21)22/h2-7,17,19H,1H3/b5-3+. The van der Waals surface area contributed by atoms with Gasteiger partial charge >= 0.3 is 11.3 Å². The molecule has 0 aliphatic rings. The van der Waals surface area contributed by atoms with Gasteiger partial charge < -0.3 is 14.6 Å². The number of ketones is 1. The summed E-state index contributed by atoms with van der Waals surface area (Å²) in [6, 6.07) is 4.66. The summed E-state index contributed by atoms with van der Waals surface area (Å²) in [4.78, 5) is 33.5. The van der Waals surface area contributed by atoms with Crippen molar-refractivity contribution in [1.29, 1.82) is 0 Å². The van der Waals surface area contributed by atoms with Crippen LogP contribution in [0, 0.1) is 17.0 Å². The van der Waals surface area contributed by atoms with Crippen molar-refractivity contribution in [1.82, 2.24) is 0 Å². The van der Waals surface area contributed by atoms with E-state index in [0.29, 0.717) is 0 Å². The highest BCUT2D eigenvalue weighted by Gasteiger charge is 2.16. The first-order valence-corrected chi connectivity index (χ1v) is 6.33. The van der Waals surface area contributed by atoms with E-state index in [-0.39, 0.29) is 11.3 Å². The van der Waals surface area contributed by atoms with Crippen LogP contribution in [0.4, 0.5) is 5.69 Å². The van der Waals surface area contributed by atoms with Crippen molar-refractivity contribution in [3.8, 4) is 11.5 Å². The van der Waals surface area contributed by atoms with Crippen molar-refractivity contribution < 1.29 is 24.3 Å². The number of aromatic hydroxyl groups is 2. The van der Waals surface area contributed by atoms with E-state index in [2.05, 4.69) is 0 Å². The topological polar surface area (TPSA) is 131 Å². The van der Waals surface area contributed by atoms with Crippen molar-refractivity contribution in [3.63, 3.8) is 0 Å². The van der Waals surface area contributed by atoms with Crippen LogP contribution in [0.5, 0.6) is 11.5 Å². The molecule has 0 fully saturated rings. The van der Waals surface area contributed by atoms with E-state index in [1.807, 2.05) is 0 Å². The molecule has 0 saturated heterocycles. The van der Waals surface area contributed by atoms with Gasteiger partial charge in [0.05, 0.1) is 4.92 Å². The summed E-state index contributed by atoms with van der Waals surface area (Å²) in [6.07, 6.45) is 2.19. The number of benzene rings is 1. The second-order valence-corrected chi connectivity index (χ2v) is 4.61. The molecule has 2 aromatic rings. The van der Waals surface area contributed by atoms with Gasteiger partial charge in [-0.05, 0) is 24.6 Å². The summed E-state index contributed by atoms with van der Waals surface area (Å²) in [7, 11) is 0. The summed E-state index contributed by atoms with van der Waals surface area (Å²) in [6.45, 7) is 1.45. The average molecular weight is 317 g/mol. The van der Waals surface area contributed by atoms with Crippen LogP contribution in [0.15, 0.2) is 39.6 Å². The number of aryl methyl sites for hydroxylation is 1. The lowest BCUT2D eigenvalue weighted by molar-refractivity contribution is -0.385. The first kappa shape index (κ1) is 16.0. The molecule has 8 nitrogen and oxygen atoms in total. The Bertz CT molecular complexity index is 880. The lowest BCUT2D eigenvalue weighted by Gasteiger charge is -2.00. The molecule has 0 saturated carbocycles. The number of carbonyl (C=O) groups excluding carboxylic acids is 1. The lowest BCUT2D eigenvalue weighted by atomic mass is 10.1. The van der Waals surface area contributed by atoms with Crippen molar-refractivity contribution in [2.45, 2.75) is 6.92 Å². The van der Waals surface area contributed by atoms with Crippen LogP contribution in [-0.2, 0) is 0 Å². The zero-order valence-corrected chi connectivity index (χ0v) is 11.8. The summed E-state index contributed by atoms with van der Waals surface area (Å²) >= 11 is 0. The molecular formula is C15H11NO7. The van der Waals surface area contributed by atoms with Crippen LogP contribution >= 0.6 is 0 Å². The fourth-order valence-electron chi connectivity index (χ4n) is 1.87. The second-order valence-electron chi connectivity index (χ2n) is 4.61. The van der Waals surface area contributed by atoms with Gasteiger partial charge in [0.15, 0.2) is 11.5 Å². The molecule has 0 atom stereocenters. The summed E-state index contributed by atoms with van der Waals surface area (Å²) in [5.74, 6) is -1.67. The van der Waals surface area contributed by atoms with E-state index in [1.54, 1.807) is 0 Å². The van der Waals surface area contributed by atoms with Gasteiger partial charge in [0.2, 0.25) is 0 Å². The minimum absolute atomic E-state index is 0.155. The fraction of sp³-hybridized carbons (Fsp3) is 0.0667. The minimum atomic E-state index is -0.978. The quantitative estimate of drug-likeness (QED) is 0.382. The maximum atomic E-state index is 12.0. The number of carbonyl (C=O) groups is 1. The SMILES string of the molecule is Cc1cc(O)c(C(=O)/C=C/c2ccc(O)c([N+](=O)[O-])c2)c(=O)o1. The molecule has 2 rings (SSSR count). The van der Waals surface area contributed by atoms with Gasteiger partial charge in [-0.15, -0.1) is 0 Å². The molecule has 8 heteroatoms. The Balaban J connectivity index is 2.34. The van der Waals surface area contributed by atoms with Gasteiger partial charge in [-0.3, -0.25) is 14.9 Å². The van der Waals surface area contributed by atoms with Crippen LogP contribution in [0.1, 0.15) is 21.7 Å². The van der Waals surface area contributed by atoms with Gasteiger partial charge in [-0.1, -0.05) is 12.1 Å². The number of nitro benzene ring substituents is 1. The van der Waals surface area contributed by atoms with Gasteiger partial charge in [-0.2, -0.15) is 0 Å². The molecule has 1 aromatic carbocycles. The van der Waals surface area contributed by atoms with E-state index in [1.165, 1.54) is 19.1 Å². The van der Waals surface area contributed by atoms with Crippen molar-refractivity contribution in [3.05, 3.63) is 67.8 Å². The fourth-order valence-corrected chi connectivity index (χ4v) is 1.87. The van der Waals surface area contributed by atoms with E-state index >= 15 is 0 Å². The Morgan fingerprint density at radius 1 is 1.26 bits per heavy atom. The molecule has 0 radical (unpaired) electrons. The highest BCUT2D eigenvalue weighted by Crippen LogP contribution is 2.26. The van der Waals surface area contributed by atoms with Crippen LogP contribution in [-0.4, -0.2) is 20.9 Å². The molecule has 2 N–H and O–H groups in total. The molecule has 1 aromatic heterocycles. The molecule has 0 spiro atoms. The van der Waals surface area contributed by atoms with Gasteiger partial charge in [0.25, 0.3) is 0 Å². The predicted octanol–water partition coefficient (Wildman–Crippen LogP) is 2.16. The molecule has 0 bridgehead atoms. The number of phenolic OH excluding ortho intramolecular Hbond substituents is 1. The Hall–Kier alpha value is -3.42. The Morgan fingerprint density at radius 2 is 1.96 bits per heavy atom. The zero-order valence-electron chi connectivity index (χ0n) is 11.8. The van der Waals surface area contributed by atoms with Crippen molar-refractivity contribution in [2.75, 3.05) is 0 Å². The van der Waals surface area contributed by atoms with Crippen LogP contribution in [0.3, 0.4) is 0 Å². The first-order chi connectivity index (χ1) is 10.8. The predicted molar refractivity (Wildman–Crippen MR) is 79.5 cm³/mol. The molecular weight excluding hydrogens is 306 g/mol. The maximum absolute atomic E-state index is 12.0. The molecule has 118 valence electrons. The maximum Gasteiger partial charge on any atom is 0.351 e. The third-order valence-corrected chi connectivity index (χ3v) is 2.92. The van der Waals surface area contributed by atoms with Gasteiger partial charge in [0, 0.05) is 12.1 Å². The molecule has 0 amide bonds. The number of rotatable bonds is 4. The number of nitrogens with zero attached hydrogens (tertiary/aromatic N) is 1. The van der Waals surface area contributed by atoms with Gasteiger partial charge in [-0.25, -0.2) is 4.79 Å². The third kappa shape index (κ3) is 3.43. The van der Waals surface area contributed by atoms with Crippen LogP contribution in [0.25, 0.3) is 6.08 Å². The number of hydrogen-bond donors (Lipinski definition) is 2. The number of hydrogen-bond acceptors (Lipinski definition) is 7. The highest BCUT2D eigenvalue weighted by molar-refractivity contribution is 6.08. The largest absolute Gasteiger partial charge is 0.507 e. The normalized spacial score (nSPS) is 10.8. The minimum Gasteiger partial charge on any atom is -0.507 e. The Kier molecular flexibility index (Phi) is 4.26. The highest BCUT2D eigenvalue weighted by atomic mass is 16.6. The van der Waals surface area contributed by atoms with Gasteiger partial charge in [0.1, 0.15) is 17.1 Å². The summed E-state index contributed by atoms with van der Waals surface area (Å²) < 4.78 is 4.74. The Morgan fingerprint density at radius 3 is 2.57 bits per heavy atom.